The lowest BCUT2D eigenvalue weighted by molar-refractivity contribution is 0.415. The first-order chi connectivity index (χ1) is 13.0. The lowest BCUT2D eigenvalue weighted by atomic mass is 10.1. The number of aromatic nitrogens is 1. The van der Waals surface area contributed by atoms with E-state index in [0.717, 1.165) is 39.1 Å². The molecule has 4 N–H and O–H groups in total. The minimum atomic E-state index is 0.143. The van der Waals surface area contributed by atoms with Crippen LogP contribution in [0.1, 0.15) is 12.5 Å². The smallest absolute Gasteiger partial charge is 0.187 e. The van der Waals surface area contributed by atoms with Crippen molar-refractivity contribution in [2.24, 2.45) is 10.8 Å². The summed E-state index contributed by atoms with van der Waals surface area (Å²) < 4.78 is 5.19. The molecule has 138 valence electrons. The highest BCUT2D eigenvalue weighted by molar-refractivity contribution is 7.80. The first kappa shape index (κ1) is 18.8. The van der Waals surface area contributed by atoms with E-state index in [2.05, 4.69) is 20.8 Å². The van der Waals surface area contributed by atoms with Gasteiger partial charge in [0.1, 0.15) is 5.75 Å². The number of anilines is 2. The van der Waals surface area contributed by atoms with E-state index in [-0.39, 0.29) is 5.11 Å². The molecule has 0 aliphatic carbocycles. The number of ether oxygens (including phenoxy) is 1. The second-order valence-corrected chi connectivity index (χ2v) is 6.94. The van der Waals surface area contributed by atoms with Crippen LogP contribution in [0.2, 0.25) is 0 Å². The van der Waals surface area contributed by atoms with Gasteiger partial charge in [0.05, 0.1) is 18.5 Å². The van der Waals surface area contributed by atoms with Crippen LogP contribution in [0.15, 0.2) is 59.0 Å². The van der Waals surface area contributed by atoms with Crippen LogP contribution in [0.25, 0.3) is 11.3 Å². The van der Waals surface area contributed by atoms with E-state index in [1.165, 1.54) is 0 Å². The molecule has 3 aromatic rings. The molecule has 0 aliphatic rings. The number of nitrogens with zero attached hydrogens (tertiary/aromatic N) is 2. The van der Waals surface area contributed by atoms with Crippen LogP contribution in [-0.4, -0.2) is 22.9 Å². The number of nitrogens with one attached hydrogen (secondary N) is 2. The van der Waals surface area contributed by atoms with Gasteiger partial charge < -0.3 is 15.8 Å². The molecule has 0 radical (unpaired) electrons. The van der Waals surface area contributed by atoms with Gasteiger partial charge in [-0.2, -0.15) is 5.10 Å². The van der Waals surface area contributed by atoms with Crippen LogP contribution in [-0.2, 0) is 0 Å². The Hall–Kier alpha value is -2.97. The zero-order valence-electron chi connectivity index (χ0n) is 14.9. The predicted molar refractivity (Wildman–Crippen MR) is 116 cm³/mol. The number of rotatable bonds is 6. The number of thiocarbonyl (C=S) groups is 1. The summed E-state index contributed by atoms with van der Waals surface area (Å²) in [6.07, 6.45) is 0. The second kappa shape index (κ2) is 8.61. The van der Waals surface area contributed by atoms with Crippen molar-refractivity contribution in [3.63, 3.8) is 0 Å². The van der Waals surface area contributed by atoms with Gasteiger partial charge in [0.25, 0.3) is 0 Å². The number of hydrogen-bond donors (Lipinski definition) is 3. The summed E-state index contributed by atoms with van der Waals surface area (Å²) in [6.45, 7) is 1.88. The maximum Gasteiger partial charge on any atom is 0.187 e. The van der Waals surface area contributed by atoms with E-state index in [4.69, 9.17) is 22.7 Å². The van der Waals surface area contributed by atoms with Gasteiger partial charge >= 0.3 is 0 Å². The van der Waals surface area contributed by atoms with E-state index in [1.54, 1.807) is 18.4 Å². The Morgan fingerprint density at radius 2 is 1.85 bits per heavy atom. The van der Waals surface area contributed by atoms with Crippen molar-refractivity contribution in [3.05, 3.63) is 59.5 Å². The Labute approximate surface area is 167 Å². The molecule has 0 unspecified atom stereocenters. The largest absolute Gasteiger partial charge is 0.497 e. The number of nitrogens with two attached hydrogens (primary N) is 1. The number of thiazole rings is 1. The van der Waals surface area contributed by atoms with Crippen LogP contribution in [0.5, 0.6) is 5.75 Å². The zero-order chi connectivity index (χ0) is 19.2. The minimum absolute atomic E-state index is 0.143. The lowest BCUT2D eigenvalue weighted by Gasteiger charge is -2.05. The summed E-state index contributed by atoms with van der Waals surface area (Å²) in [6, 6.07) is 15.7. The molecule has 0 amide bonds. The molecular formula is C19H19N5OS2. The van der Waals surface area contributed by atoms with Gasteiger partial charge in [-0.3, -0.25) is 5.43 Å². The molecule has 3 rings (SSSR count). The zero-order valence-corrected chi connectivity index (χ0v) is 16.5. The van der Waals surface area contributed by atoms with Crippen molar-refractivity contribution in [3.8, 4) is 17.0 Å². The van der Waals surface area contributed by atoms with Gasteiger partial charge in [-0.25, -0.2) is 4.98 Å². The third-order valence-electron chi connectivity index (χ3n) is 3.78. The van der Waals surface area contributed by atoms with Crippen molar-refractivity contribution in [2.75, 3.05) is 12.4 Å². The molecule has 1 aromatic heterocycles. The van der Waals surface area contributed by atoms with E-state index in [9.17, 15) is 0 Å². The predicted octanol–water partition coefficient (Wildman–Crippen LogP) is 4.12. The Morgan fingerprint density at radius 1 is 1.15 bits per heavy atom. The Bertz CT molecular complexity index is 949. The summed E-state index contributed by atoms with van der Waals surface area (Å²) in [5.74, 6) is 0.828. The fraction of sp³-hybridized carbons (Fsp3) is 0.105. The van der Waals surface area contributed by atoms with Gasteiger partial charge in [0.2, 0.25) is 0 Å². The van der Waals surface area contributed by atoms with Crippen molar-refractivity contribution < 1.29 is 4.74 Å². The van der Waals surface area contributed by atoms with Crippen LogP contribution >= 0.6 is 23.6 Å². The van der Waals surface area contributed by atoms with E-state index >= 15 is 0 Å². The highest BCUT2D eigenvalue weighted by Crippen LogP contribution is 2.28. The lowest BCUT2D eigenvalue weighted by Crippen LogP contribution is -2.25. The molecule has 6 nitrogen and oxygen atoms in total. The molecular weight excluding hydrogens is 378 g/mol. The molecule has 1 heterocycles. The second-order valence-electron chi connectivity index (χ2n) is 5.64. The van der Waals surface area contributed by atoms with Crippen LogP contribution in [0.3, 0.4) is 0 Å². The highest BCUT2D eigenvalue weighted by atomic mass is 32.1. The first-order valence-corrected chi connectivity index (χ1v) is 9.41. The normalized spacial score (nSPS) is 11.1. The van der Waals surface area contributed by atoms with Crippen molar-refractivity contribution >= 4 is 45.2 Å². The maximum absolute atomic E-state index is 5.38. The third-order valence-corrected chi connectivity index (χ3v) is 4.63. The molecule has 0 bridgehead atoms. The summed E-state index contributed by atoms with van der Waals surface area (Å²) >= 11 is 6.30. The molecule has 0 aliphatic heterocycles. The topological polar surface area (TPSA) is 84.6 Å². The molecule has 8 heteroatoms. The molecule has 0 fully saturated rings. The molecule has 27 heavy (non-hydrogen) atoms. The number of methoxy groups -OCH3 is 1. The average Bonchev–Trinajstić information content (AvgIpc) is 3.15. The molecule has 0 saturated heterocycles. The van der Waals surface area contributed by atoms with Gasteiger partial charge in [0, 0.05) is 16.6 Å². The van der Waals surface area contributed by atoms with Crippen LogP contribution in [0, 0.1) is 0 Å². The Kier molecular flexibility index (Phi) is 6.00. The SMILES string of the molecule is COc1ccc(-c2csc(Nc3ccc(/C(C)=N/NC(N)=S)cc3)n2)cc1. The Balaban J connectivity index is 1.68. The van der Waals surface area contributed by atoms with Gasteiger partial charge in [-0.15, -0.1) is 11.3 Å². The van der Waals surface area contributed by atoms with Crippen molar-refractivity contribution in [1.29, 1.82) is 0 Å². The van der Waals surface area contributed by atoms with E-state index < -0.39 is 0 Å². The fourth-order valence-corrected chi connectivity index (χ4v) is 3.13. The first-order valence-electron chi connectivity index (χ1n) is 8.12. The monoisotopic (exact) mass is 397 g/mol. The summed E-state index contributed by atoms with van der Waals surface area (Å²) in [5, 5.41) is 10.4. The third kappa shape index (κ3) is 5.02. The summed E-state index contributed by atoms with van der Waals surface area (Å²) in [5.41, 5.74) is 12.7. The van der Waals surface area contributed by atoms with Crippen molar-refractivity contribution in [2.45, 2.75) is 6.92 Å². The summed E-state index contributed by atoms with van der Waals surface area (Å²) in [4.78, 5) is 4.64. The number of benzene rings is 2. The van der Waals surface area contributed by atoms with Crippen molar-refractivity contribution in [1.82, 2.24) is 10.4 Å². The van der Waals surface area contributed by atoms with Crippen LogP contribution < -0.4 is 21.2 Å². The highest BCUT2D eigenvalue weighted by Gasteiger charge is 2.06. The van der Waals surface area contributed by atoms with Gasteiger partial charge in [-0.05, 0) is 61.1 Å². The minimum Gasteiger partial charge on any atom is -0.497 e. The molecule has 0 spiro atoms. The Morgan fingerprint density at radius 3 is 2.48 bits per heavy atom. The van der Waals surface area contributed by atoms with Gasteiger partial charge in [0.15, 0.2) is 10.2 Å². The van der Waals surface area contributed by atoms with E-state index in [1.807, 2.05) is 60.8 Å². The van der Waals surface area contributed by atoms with Gasteiger partial charge in [-0.1, -0.05) is 12.1 Å². The quantitative estimate of drug-likeness (QED) is 0.330. The average molecular weight is 398 g/mol. The fourth-order valence-electron chi connectivity index (χ4n) is 2.35. The summed E-state index contributed by atoms with van der Waals surface area (Å²) in [7, 11) is 1.65. The number of hydrazone groups is 1. The van der Waals surface area contributed by atoms with E-state index in [0.29, 0.717) is 0 Å². The molecule has 2 aromatic carbocycles. The molecule has 0 saturated carbocycles. The molecule has 0 atom stereocenters. The number of hydrogen-bond acceptors (Lipinski definition) is 6. The maximum atomic E-state index is 5.38. The van der Waals surface area contributed by atoms with Crippen LogP contribution in [0.4, 0.5) is 10.8 Å². The standard InChI is InChI=1S/C19H19N5OS2/c1-12(23-24-18(20)26)13-3-7-15(8-4-13)21-19-22-17(11-27-19)14-5-9-16(25-2)10-6-14/h3-11H,1-2H3,(H,21,22)(H3,20,24,26)/b23-12+.